The first-order valence-electron chi connectivity index (χ1n) is 10.5. The highest BCUT2D eigenvalue weighted by Gasteiger charge is 2.24. The summed E-state index contributed by atoms with van der Waals surface area (Å²) in [4.78, 5) is 18.7. The molecule has 0 spiro atoms. The van der Waals surface area contributed by atoms with Gasteiger partial charge in [-0.15, -0.1) is 24.0 Å². The molecule has 2 N–H and O–H groups in total. The number of rotatable bonds is 9. The maximum absolute atomic E-state index is 12.3. The van der Waals surface area contributed by atoms with Gasteiger partial charge in [-0.1, -0.05) is 12.1 Å². The molecule has 8 nitrogen and oxygen atoms in total. The summed E-state index contributed by atoms with van der Waals surface area (Å²) in [5, 5.41) is 6.53. The van der Waals surface area contributed by atoms with Crippen LogP contribution >= 0.6 is 24.0 Å². The Kier molecular flexibility index (Phi) is 10.4. The van der Waals surface area contributed by atoms with Crippen LogP contribution in [0.3, 0.4) is 0 Å². The summed E-state index contributed by atoms with van der Waals surface area (Å²) < 4.78 is 16.5. The topological polar surface area (TPSA) is 84.4 Å². The van der Waals surface area contributed by atoms with Gasteiger partial charge in [-0.05, 0) is 44.5 Å². The molecule has 0 aromatic heterocycles. The Morgan fingerprint density at radius 3 is 2.75 bits per heavy atom. The van der Waals surface area contributed by atoms with Crippen LogP contribution < -0.4 is 29.7 Å². The smallest absolute Gasteiger partial charge is 0.265 e. The predicted octanol–water partition coefficient (Wildman–Crippen LogP) is 3.91. The highest BCUT2D eigenvalue weighted by Crippen LogP contribution is 2.32. The van der Waals surface area contributed by atoms with Gasteiger partial charge < -0.3 is 29.7 Å². The highest BCUT2D eigenvalue weighted by molar-refractivity contribution is 14.0. The second-order valence-electron chi connectivity index (χ2n) is 6.84. The Labute approximate surface area is 206 Å². The molecule has 2 aromatic rings. The summed E-state index contributed by atoms with van der Waals surface area (Å²) >= 11 is 0. The first-order valence-corrected chi connectivity index (χ1v) is 10.5. The van der Waals surface area contributed by atoms with E-state index in [-0.39, 0.29) is 36.5 Å². The fourth-order valence-electron chi connectivity index (χ4n) is 3.28. The monoisotopic (exact) mass is 554 g/mol. The molecule has 2 aromatic carbocycles. The number of amides is 1. The molecule has 0 bridgehead atoms. The van der Waals surface area contributed by atoms with Crippen molar-refractivity contribution < 1.29 is 19.0 Å². The van der Waals surface area contributed by atoms with Gasteiger partial charge in [0, 0.05) is 31.4 Å². The molecule has 32 heavy (non-hydrogen) atoms. The van der Waals surface area contributed by atoms with Gasteiger partial charge in [0.15, 0.2) is 24.1 Å². The van der Waals surface area contributed by atoms with Crippen molar-refractivity contribution in [3.8, 4) is 17.2 Å². The summed E-state index contributed by atoms with van der Waals surface area (Å²) in [7, 11) is 1.62. The van der Waals surface area contributed by atoms with Crippen molar-refractivity contribution in [1.29, 1.82) is 0 Å². The number of benzene rings is 2. The molecule has 0 aliphatic carbocycles. The number of ether oxygens (including phenoxy) is 3. The lowest BCUT2D eigenvalue weighted by molar-refractivity contribution is -0.121. The molecule has 174 valence electrons. The van der Waals surface area contributed by atoms with E-state index in [0.717, 1.165) is 30.1 Å². The van der Waals surface area contributed by atoms with Crippen LogP contribution in [-0.2, 0) is 4.79 Å². The third-order valence-electron chi connectivity index (χ3n) is 4.69. The van der Waals surface area contributed by atoms with Gasteiger partial charge in [-0.3, -0.25) is 9.79 Å². The summed E-state index contributed by atoms with van der Waals surface area (Å²) in [6.07, 6.45) is 0.725. The van der Waals surface area contributed by atoms with Gasteiger partial charge in [0.1, 0.15) is 5.75 Å². The van der Waals surface area contributed by atoms with Crippen molar-refractivity contribution in [2.75, 3.05) is 50.2 Å². The number of hydrogen-bond acceptors (Lipinski definition) is 5. The lowest BCUT2D eigenvalue weighted by atomic mass is 10.2. The van der Waals surface area contributed by atoms with E-state index in [4.69, 9.17) is 14.2 Å². The Bertz CT molecular complexity index is 923. The standard InChI is InChI=1S/C23H30N4O4.HI/c1-4-24-23(26-17-11-12-20(30-5-2)21(15-17)29-3)25-13-8-14-27-18-9-6-7-10-19(18)31-16-22(27)28;/h6-7,9-12,15H,4-5,8,13-14,16H2,1-3H3,(H2,24,25,26);1H. The van der Waals surface area contributed by atoms with E-state index < -0.39 is 0 Å². The van der Waals surface area contributed by atoms with Crippen LogP contribution in [0.2, 0.25) is 0 Å². The average molecular weight is 554 g/mol. The van der Waals surface area contributed by atoms with Gasteiger partial charge in [0.25, 0.3) is 5.91 Å². The molecule has 0 unspecified atom stereocenters. The van der Waals surface area contributed by atoms with Crippen LogP contribution in [0.4, 0.5) is 11.4 Å². The molecule has 1 aliphatic heterocycles. The summed E-state index contributed by atoms with van der Waals surface area (Å²) in [6.45, 7) is 6.47. The number of methoxy groups -OCH3 is 1. The molecule has 3 rings (SSSR count). The van der Waals surface area contributed by atoms with Crippen molar-refractivity contribution in [3.05, 3.63) is 42.5 Å². The van der Waals surface area contributed by atoms with E-state index in [9.17, 15) is 4.79 Å². The predicted molar refractivity (Wildman–Crippen MR) is 138 cm³/mol. The Morgan fingerprint density at radius 1 is 1.19 bits per heavy atom. The Morgan fingerprint density at radius 2 is 2.00 bits per heavy atom. The number of hydrogen-bond donors (Lipinski definition) is 2. The van der Waals surface area contributed by atoms with Crippen molar-refractivity contribution in [1.82, 2.24) is 5.32 Å². The number of aliphatic imine (C=N–C) groups is 1. The number of carbonyl (C=O) groups is 1. The normalized spacial score (nSPS) is 12.9. The molecular weight excluding hydrogens is 523 g/mol. The number of fused-ring (bicyclic) bond motifs is 1. The van der Waals surface area contributed by atoms with Gasteiger partial charge in [-0.25, -0.2) is 0 Å². The van der Waals surface area contributed by atoms with Crippen LogP contribution in [0.15, 0.2) is 47.5 Å². The number of para-hydroxylation sites is 2. The fraction of sp³-hybridized carbons (Fsp3) is 0.391. The molecule has 1 amide bonds. The third-order valence-corrected chi connectivity index (χ3v) is 4.69. The van der Waals surface area contributed by atoms with Crippen LogP contribution in [0.1, 0.15) is 20.3 Å². The second-order valence-corrected chi connectivity index (χ2v) is 6.84. The number of carbonyl (C=O) groups excluding carboxylic acids is 1. The van der Waals surface area contributed by atoms with Gasteiger partial charge in [0.2, 0.25) is 0 Å². The summed E-state index contributed by atoms with van der Waals surface area (Å²) in [5.74, 6) is 2.74. The zero-order valence-electron chi connectivity index (χ0n) is 18.7. The van der Waals surface area contributed by atoms with Crippen LogP contribution in [0.25, 0.3) is 0 Å². The van der Waals surface area contributed by atoms with Gasteiger partial charge >= 0.3 is 0 Å². The van der Waals surface area contributed by atoms with E-state index in [1.54, 1.807) is 12.0 Å². The minimum absolute atomic E-state index is 0. The molecule has 0 fully saturated rings. The Hall–Kier alpha value is -2.69. The number of halogens is 1. The molecule has 0 saturated carbocycles. The van der Waals surface area contributed by atoms with Crippen molar-refractivity contribution >= 4 is 47.2 Å². The molecular formula is C23H31IN4O4. The third kappa shape index (κ3) is 6.65. The van der Waals surface area contributed by atoms with E-state index in [1.807, 2.05) is 56.3 Å². The first-order chi connectivity index (χ1) is 15.2. The number of nitrogens with zero attached hydrogens (tertiary/aromatic N) is 2. The maximum Gasteiger partial charge on any atom is 0.265 e. The van der Waals surface area contributed by atoms with Gasteiger partial charge in [-0.2, -0.15) is 0 Å². The van der Waals surface area contributed by atoms with E-state index in [2.05, 4.69) is 15.6 Å². The van der Waals surface area contributed by atoms with Crippen molar-refractivity contribution in [2.45, 2.75) is 20.3 Å². The molecule has 9 heteroatoms. The maximum atomic E-state index is 12.3. The van der Waals surface area contributed by atoms with Gasteiger partial charge in [0.05, 0.1) is 19.4 Å². The van der Waals surface area contributed by atoms with E-state index in [0.29, 0.717) is 37.2 Å². The summed E-state index contributed by atoms with van der Waals surface area (Å²) in [6, 6.07) is 13.3. The Balaban J connectivity index is 0.00000363. The quantitative estimate of drug-likeness (QED) is 0.212. The molecule has 1 heterocycles. The largest absolute Gasteiger partial charge is 0.493 e. The minimum Gasteiger partial charge on any atom is -0.493 e. The highest BCUT2D eigenvalue weighted by atomic mass is 127. The van der Waals surface area contributed by atoms with E-state index in [1.165, 1.54) is 0 Å². The molecule has 0 atom stereocenters. The van der Waals surface area contributed by atoms with Crippen LogP contribution in [0, 0.1) is 0 Å². The number of guanidine groups is 1. The molecule has 1 aliphatic rings. The summed E-state index contributed by atoms with van der Waals surface area (Å²) in [5.41, 5.74) is 1.66. The lowest BCUT2D eigenvalue weighted by Gasteiger charge is -2.29. The zero-order chi connectivity index (χ0) is 22.1. The minimum atomic E-state index is -0.0332. The lowest BCUT2D eigenvalue weighted by Crippen LogP contribution is -2.39. The first kappa shape index (κ1) is 25.6. The van der Waals surface area contributed by atoms with Crippen molar-refractivity contribution in [2.24, 2.45) is 4.99 Å². The molecule has 0 radical (unpaired) electrons. The van der Waals surface area contributed by atoms with Crippen molar-refractivity contribution in [3.63, 3.8) is 0 Å². The van der Waals surface area contributed by atoms with Crippen LogP contribution in [0.5, 0.6) is 17.2 Å². The van der Waals surface area contributed by atoms with E-state index >= 15 is 0 Å². The number of nitrogens with one attached hydrogen (secondary N) is 2. The zero-order valence-corrected chi connectivity index (χ0v) is 21.1. The SMILES string of the molecule is CCNC(=NCCCN1C(=O)COc2ccccc21)Nc1ccc(OCC)c(OC)c1.I. The fourth-order valence-corrected chi connectivity index (χ4v) is 3.28. The number of anilines is 2. The second kappa shape index (κ2) is 13.0. The molecule has 0 saturated heterocycles. The average Bonchev–Trinajstić information content (AvgIpc) is 2.79. The van der Waals surface area contributed by atoms with Crippen LogP contribution in [-0.4, -0.2) is 51.8 Å².